The Morgan fingerprint density at radius 3 is 2.81 bits per heavy atom. The summed E-state index contributed by atoms with van der Waals surface area (Å²) in [6.45, 7) is 2.37. The molecule has 1 atom stereocenters. The van der Waals surface area contributed by atoms with E-state index in [0.29, 0.717) is 31.1 Å². The van der Waals surface area contributed by atoms with Crippen LogP contribution < -0.4 is 16.4 Å². The van der Waals surface area contributed by atoms with Crippen molar-refractivity contribution in [3.63, 3.8) is 0 Å². The molecule has 1 unspecified atom stereocenters. The second-order valence-corrected chi connectivity index (χ2v) is 5.63. The van der Waals surface area contributed by atoms with Gasteiger partial charge in [-0.2, -0.15) is 0 Å². The predicted octanol–water partition coefficient (Wildman–Crippen LogP) is 1.55. The van der Waals surface area contributed by atoms with Crippen LogP contribution in [0.25, 0.3) is 0 Å². The maximum Gasteiger partial charge on any atom is 0.227 e. The summed E-state index contributed by atoms with van der Waals surface area (Å²) in [4.78, 5) is 23.5. The van der Waals surface area contributed by atoms with Crippen LogP contribution in [0.1, 0.15) is 44.1 Å². The smallest absolute Gasteiger partial charge is 0.227 e. The van der Waals surface area contributed by atoms with Crippen molar-refractivity contribution in [3.8, 4) is 0 Å². The highest BCUT2D eigenvalue weighted by Crippen LogP contribution is 2.19. The first-order chi connectivity index (χ1) is 10.1. The lowest BCUT2D eigenvalue weighted by molar-refractivity contribution is -0.123. The van der Waals surface area contributed by atoms with Gasteiger partial charge in [-0.1, -0.05) is 12.1 Å². The van der Waals surface area contributed by atoms with E-state index >= 15 is 0 Å². The molecule has 0 aromatic heterocycles. The number of hydrogen-bond acceptors (Lipinski definition) is 3. The molecular formula is C16H23N3O2. The molecule has 0 saturated heterocycles. The Morgan fingerprint density at radius 1 is 1.38 bits per heavy atom. The molecule has 0 heterocycles. The van der Waals surface area contributed by atoms with Crippen molar-refractivity contribution < 1.29 is 9.59 Å². The van der Waals surface area contributed by atoms with E-state index < -0.39 is 0 Å². The number of nitrogens with two attached hydrogens (primary N) is 1. The van der Waals surface area contributed by atoms with Crippen molar-refractivity contribution in [2.24, 2.45) is 0 Å². The molecule has 2 rings (SSSR count). The van der Waals surface area contributed by atoms with E-state index in [9.17, 15) is 9.59 Å². The predicted molar refractivity (Wildman–Crippen MR) is 82.7 cm³/mol. The van der Waals surface area contributed by atoms with Gasteiger partial charge in [0.1, 0.15) is 0 Å². The molecule has 114 valence electrons. The number of rotatable bonds is 7. The molecule has 0 spiro atoms. The van der Waals surface area contributed by atoms with Gasteiger partial charge < -0.3 is 16.4 Å². The minimum atomic E-state index is -0.242. The van der Waals surface area contributed by atoms with Gasteiger partial charge in [0.05, 0.1) is 5.92 Å². The third-order valence-corrected chi connectivity index (χ3v) is 3.63. The normalized spacial score (nSPS) is 15.3. The molecule has 5 nitrogen and oxygen atoms in total. The van der Waals surface area contributed by atoms with Gasteiger partial charge in [-0.05, 0) is 43.9 Å². The first kappa shape index (κ1) is 15.4. The lowest BCUT2D eigenvalue weighted by Gasteiger charge is -2.13. The maximum atomic E-state index is 12.0. The maximum absolute atomic E-state index is 12.0. The molecule has 4 N–H and O–H groups in total. The molecule has 0 aliphatic heterocycles. The molecule has 0 bridgehead atoms. The summed E-state index contributed by atoms with van der Waals surface area (Å²) in [6, 6.07) is 7.75. The molecule has 5 heteroatoms. The molecule has 1 aromatic rings. The summed E-state index contributed by atoms with van der Waals surface area (Å²) in [5.41, 5.74) is 7.28. The van der Waals surface area contributed by atoms with Gasteiger partial charge in [0.15, 0.2) is 0 Å². The molecule has 1 aliphatic carbocycles. The molecule has 0 radical (unpaired) electrons. The van der Waals surface area contributed by atoms with E-state index in [1.807, 2.05) is 25.1 Å². The third-order valence-electron chi connectivity index (χ3n) is 3.63. The molecule has 1 fully saturated rings. The highest BCUT2D eigenvalue weighted by atomic mass is 16.2. The van der Waals surface area contributed by atoms with Crippen LogP contribution in [0, 0.1) is 0 Å². The summed E-state index contributed by atoms with van der Waals surface area (Å²) < 4.78 is 0. The van der Waals surface area contributed by atoms with Crippen molar-refractivity contribution in [1.29, 1.82) is 0 Å². The number of amides is 2. The van der Waals surface area contributed by atoms with Gasteiger partial charge in [0.25, 0.3) is 0 Å². The second-order valence-electron chi connectivity index (χ2n) is 5.63. The van der Waals surface area contributed by atoms with Crippen LogP contribution in [0.2, 0.25) is 0 Å². The Hall–Kier alpha value is -2.04. The summed E-state index contributed by atoms with van der Waals surface area (Å²) in [5.74, 6) is -0.201. The highest BCUT2D eigenvalue weighted by molar-refractivity contribution is 5.83. The minimum absolute atomic E-state index is 0.0387. The first-order valence-corrected chi connectivity index (χ1v) is 7.49. The Labute approximate surface area is 125 Å². The average molecular weight is 289 g/mol. The number of nitrogens with one attached hydrogen (secondary N) is 2. The summed E-state index contributed by atoms with van der Waals surface area (Å²) in [6.07, 6.45) is 3.32. The molecule has 2 amide bonds. The Morgan fingerprint density at radius 2 is 2.14 bits per heavy atom. The summed E-state index contributed by atoms with van der Waals surface area (Å²) in [7, 11) is 0. The second kappa shape index (κ2) is 7.11. The molecule has 1 saturated carbocycles. The molecule has 1 aromatic carbocycles. The largest absolute Gasteiger partial charge is 0.399 e. The van der Waals surface area contributed by atoms with Crippen molar-refractivity contribution in [3.05, 3.63) is 29.8 Å². The van der Waals surface area contributed by atoms with Crippen LogP contribution >= 0.6 is 0 Å². The molecular weight excluding hydrogens is 266 g/mol. The van der Waals surface area contributed by atoms with Gasteiger partial charge in [-0.15, -0.1) is 0 Å². The highest BCUT2D eigenvalue weighted by Gasteiger charge is 2.22. The molecule has 21 heavy (non-hydrogen) atoms. The number of carbonyl (C=O) groups excluding carboxylic acids is 2. The van der Waals surface area contributed by atoms with Gasteiger partial charge in [-0.25, -0.2) is 0 Å². The number of benzene rings is 1. The Bertz CT molecular complexity index is 512. The van der Waals surface area contributed by atoms with Gasteiger partial charge >= 0.3 is 0 Å². The van der Waals surface area contributed by atoms with E-state index in [2.05, 4.69) is 10.6 Å². The van der Waals surface area contributed by atoms with Gasteiger partial charge in [-0.3, -0.25) is 9.59 Å². The Balaban J connectivity index is 1.67. The van der Waals surface area contributed by atoms with Crippen molar-refractivity contribution in [2.45, 2.75) is 44.6 Å². The summed E-state index contributed by atoms with van der Waals surface area (Å²) >= 11 is 0. The molecule has 1 aliphatic rings. The van der Waals surface area contributed by atoms with E-state index in [1.165, 1.54) is 0 Å². The van der Waals surface area contributed by atoms with E-state index in [1.54, 1.807) is 6.07 Å². The minimum Gasteiger partial charge on any atom is -0.399 e. The van der Waals surface area contributed by atoms with E-state index in [-0.39, 0.29) is 17.7 Å². The van der Waals surface area contributed by atoms with Crippen LogP contribution in [-0.4, -0.2) is 24.4 Å². The van der Waals surface area contributed by atoms with Gasteiger partial charge in [0.2, 0.25) is 11.8 Å². The quantitative estimate of drug-likeness (QED) is 0.526. The standard InChI is InChI=1S/C16H23N3O2/c1-11(12-4-2-5-13(17)10-12)16(21)18-9-3-6-15(20)19-14-7-8-14/h2,4-5,10-11,14H,3,6-9,17H2,1H3,(H,18,21)(H,19,20). The van der Waals surface area contributed by atoms with Crippen molar-refractivity contribution >= 4 is 17.5 Å². The lowest BCUT2D eigenvalue weighted by atomic mass is 10.00. The van der Waals surface area contributed by atoms with Crippen molar-refractivity contribution in [2.75, 3.05) is 12.3 Å². The van der Waals surface area contributed by atoms with Crippen LogP contribution in [0.4, 0.5) is 5.69 Å². The zero-order valence-electron chi connectivity index (χ0n) is 12.4. The zero-order valence-corrected chi connectivity index (χ0v) is 12.4. The first-order valence-electron chi connectivity index (χ1n) is 7.49. The van der Waals surface area contributed by atoms with E-state index in [4.69, 9.17) is 5.73 Å². The monoisotopic (exact) mass is 289 g/mol. The van der Waals surface area contributed by atoms with Gasteiger partial charge in [0, 0.05) is 24.7 Å². The van der Waals surface area contributed by atoms with Crippen molar-refractivity contribution in [1.82, 2.24) is 10.6 Å². The fraction of sp³-hybridized carbons (Fsp3) is 0.500. The average Bonchev–Trinajstić information content (AvgIpc) is 3.26. The number of anilines is 1. The summed E-state index contributed by atoms with van der Waals surface area (Å²) in [5, 5.41) is 5.80. The SMILES string of the molecule is CC(C(=O)NCCCC(=O)NC1CC1)c1cccc(N)c1. The van der Waals surface area contributed by atoms with Crippen LogP contribution in [-0.2, 0) is 9.59 Å². The van der Waals surface area contributed by atoms with E-state index in [0.717, 1.165) is 18.4 Å². The van der Waals surface area contributed by atoms with Crippen LogP contribution in [0.5, 0.6) is 0 Å². The number of hydrogen-bond donors (Lipinski definition) is 3. The topological polar surface area (TPSA) is 84.2 Å². The lowest BCUT2D eigenvalue weighted by Crippen LogP contribution is -2.30. The van der Waals surface area contributed by atoms with Crippen LogP contribution in [0.3, 0.4) is 0 Å². The fourth-order valence-corrected chi connectivity index (χ4v) is 2.12. The Kier molecular flexibility index (Phi) is 5.20. The number of nitrogen functional groups attached to an aromatic ring is 1. The third kappa shape index (κ3) is 5.10. The fourth-order valence-electron chi connectivity index (χ4n) is 2.12. The number of carbonyl (C=O) groups is 2. The zero-order chi connectivity index (χ0) is 15.2. The van der Waals surface area contributed by atoms with Crippen LogP contribution in [0.15, 0.2) is 24.3 Å².